The number of carbonyl (C=O) groups is 2. The Hall–Kier alpha value is -4.13. The summed E-state index contributed by atoms with van der Waals surface area (Å²) in [6.45, 7) is 0. The van der Waals surface area contributed by atoms with E-state index in [1.54, 1.807) is 54.9 Å². The number of methoxy groups -OCH3 is 1. The average molecular weight is 415 g/mol. The van der Waals surface area contributed by atoms with Gasteiger partial charge in [0, 0.05) is 23.9 Å². The van der Waals surface area contributed by atoms with Crippen LogP contribution in [0.25, 0.3) is 6.08 Å². The Labute approximate surface area is 177 Å². The van der Waals surface area contributed by atoms with Crippen LogP contribution in [0.5, 0.6) is 23.0 Å². The Balaban J connectivity index is 1.62. The zero-order chi connectivity index (χ0) is 21.5. The second kappa shape index (κ2) is 7.28. The van der Waals surface area contributed by atoms with E-state index in [0.29, 0.717) is 33.9 Å². The van der Waals surface area contributed by atoms with Crippen LogP contribution in [0.1, 0.15) is 39.4 Å². The Kier molecular flexibility index (Phi) is 4.43. The lowest BCUT2D eigenvalue weighted by Crippen LogP contribution is -2.21. The summed E-state index contributed by atoms with van der Waals surface area (Å²) in [5, 5.41) is 10.2. The van der Waals surface area contributed by atoms with Crippen LogP contribution in [0.4, 0.5) is 0 Å². The molecule has 0 unspecified atom stereocenters. The average Bonchev–Trinajstić information content (AvgIpc) is 3.09. The number of phenolic OH excluding ortho intramolecular Hbond substituents is 1. The molecule has 2 aliphatic heterocycles. The molecule has 2 aliphatic rings. The first-order valence-electron chi connectivity index (χ1n) is 9.64. The quantitative estimate of drug-likeness (QED) is 0.394. The minimum atomic E-state index is -0.450. The summed E-state index contributed by atoms with van der Waals surface area (Å²) < 4.78 is 16.5. The molecule has 3 heterocycles. The van der Waals surface area contributed by atoms with Crippen LogP contribution < -0.4 is 14.2 Å². The highest BCUT2D eigenvalue weighted by molar-refractivity contribution is 6.15. The molecule has 0 radical (unpaired) electrons. The lowest BCUT2D eigenvalue weighted by molar-refractivity contribution is -0.135. The summed E-state index contributed by atoms with van der Waals surface area (Å²) in [4.78, 5) is 29.3. The molecule has 0 bridgehead atoms. The summed E-state index contributed by atoms with van der Waals surface area (Å²) in [6.07, 6.45) is 4.96. The Morgan fingerprint density at radius 1 is 1.16 bits per heavy atom. The normalized spacial score (nSPS) is 18.2. The molecule has 2 aromatic carbocycles. The van der Waals surface area contributed by atoms with Gasteiger partial charge in [0.05, 0.1) is 19.1 Å². The molecule has 1 N–H and O–H groups in total. The largest absolute Gasteiger partial charge is 0.504 e. The molecule has 1 atom stereocenters. The number of pyridine rings is 1. The van der Waals surface area contributed by atoms with E-state index in [0.717, 1.165) is 5.56 Å². The SMILES string of the molecule is COc1ccc([C@H]2CC(=O)Oc3ccc4c(c32)O/C(=C\c2cccnc2)C4=O)cc1O. The van der Waals surface area contributed by atoms with Crippen LogP contribution in [0.3, 0.4) is 0 Å². The zero-order valence-corrected chi connectivity index (χ0v) is 16.5. The first-order chi connectivity index (χ1) is 15.0. The number of aromatic hydroxyl groups is 1. The summed E-state index contributed by atoms with van der Waals surface area (Å²) >= 11 is 0. The maximum Gasteiger partial charge on any atom is 0.312 e. The molecule has 7 heteroatoms. The third-order valence-electron chi connectivity index (χ3n) is 5.37. The van der Waals surface area contributed by atoms with Crippen molar-refractivity contribution < 1.29 is 28.9 Å². The number of ether oxygens (including phenoxy) is 3. The van der Waals surface area contributed by atoms with Gasteiger partial charge in [0.1, 0.15) is 11.5 Å². The second-order valence-corrected chi connectivity index (χ2v) is 7.24. The van der Waals surface area contributed by atoms with Crippen molar-refractivity contribution in [2.45, 2.75) is 12.3 Å². The number of esters is 1. The van der Waals surface area contributed by atoms with Crippen LogP contribution >= 0.6 is 0 Å². The van der Waals surface area contributed by atoms with Gasteiger partial charge in [-0.05, 0) is 47.5 Å². The number of carbonyl (C=O) groups excluding carboxylic acids is 2. The monoisotopic (exact) mass is 415 g/mol. The van der Waals surface area contributed by atoms with Crippen molar-refractivity contribution in [3.8, 4) is 23.0 Å². The van der Waals surface area contributed by atoms with Gasteiger partial charge < -0.3 is 19.3 Å². The van der Waals surface area contributed by atoms with Crippen LogP contribution in [0.2, 0.25) is 0 Å². The Bertz CT molecular complexity index is 1250. The lowest BCUT2D eigenvalue weighted by atomic mass is 9.84. The molecule has 1 aromatic heterocycles. The van der Waals surface area contributed by atoms with Gasteiger partial charge in [0.25, 0.3) is 0 Å². The molecule has 0 aliphatic carbocycles. The van der Waals surface area contributed by atoms with E-state index in [2.05, 4.69) is 4.98 Å². The molecule has 0 amide bonds. The van der Waals surface area contributed by atoms with E-state index < -0.39 is 11.9 Å². The number of phenols is 1. The number of allylic oxidation sites excluding steroid dienone is 1. The first-order valence-corrected chi connectivity index (χ1v) is 9.64. The fraction of sp³-hybridized carbons (Fsp3) is 0.125. The van der Waals surface area contributed by atoms with E-state index in [9.17, 15) is 14.7 Å². The number of nitrogens with zero attached hydrogens (tertiary/aromatic N) is 1. The highest BCUT2D eigenvalue weighted by Crippen LogP contribution is 2.49. The van der Waals surface area contributed by atoms with Crippen LogP contribution in [0.15, 0.2) is 60.6 Å². The molecule has 154 valence electrons. The van der Waals surface area contributed by atoms with Gasteiger partial charge >= 0.3 is 5.97 Å². The van der Waals surface area contributed by atoms with Gasteiger partial charge in [-0.1, -0.05) is 12.1 Å². The Morgan fingerprint density at radius 2 is 2.03 bits per heavy atom. The predicted molar refractivity (Wildman–Crippen MR) is 110 cm³/mol. The molecular weight excluding hydrogens is 398 g/mol. The van der Waals surface area contributed by atoms with Gasteiger partial charge in [0.15, 0.2) is 17.3 Å². The fourth-order valence-electron chi connectivity index (χ4n) is 3.93. The second-order valence-electron chi connectivity index (χ2n) is 7.24. The third kappa shape index (κ3) is 3.20. The minimum absolute atomic E-state index is 0.0396. The molecule has 31 heavy (non-hydrogen) atoms. The molecule has 3 aromatic rings. The standard InChI is InChI=1S/C24H17NO6/c1-29-18-6-4-14(10-17(18)26)16-11-21(27)30-19-7-5-15-23(28)20(31-24(15)22(16)19)9-13-3-2-8-25-12-13/h2-10,12,16,26H,11H2,1H3/b20-9-/t16-/m1/s1. The van der Waals surface area contributed by atoms with Crippen molar-refractivity contribution >= 4 is 17.8 Å². The highest BCUT2D eigenvalue weighted by atomic mass is 16.5. The minimum Gasteiger partial charge on any atom is -0.504 e. The molecule has 5 rings (SSSR count). The maximum atomic E-state index is 13.0. The lowest BCUT2D eigenvalue weighted by Gasteiger charge is -2.26. The molecule has 0 fully saturated rings. The number of ketones is 1. The van der Waals surface area contributed by atoms with Gasteiger partial charge in [-0.15, -0.1) is 0 Å². The predicted octanol–water partition coefficient (Wildman–Crippen LogP) is 3.85. The summed E-state index contributed by atoms with van der Waals surface area (Å²) in [7, 11) is 1.46. The van der Waals surface area contributed by atoms with E-state index >= 15 is 0 Å². The van der Waals surface area contributed by atoms with Gasteiger partial charge in [-0.25, -0.2) is 0 Å². The number of Topliss-reactive ketones (excluding diaryl/α,β-unsaturated/α-hetero) is 1. The smallest absolute Gasteiger partial charge is 0.312 e. The van der Waals surface area contributed by atoms with Gasteiger partial charge in [-0.3, -0.25) is 14.6 Å². The van der Waals surface area contributed by atoms with Crippen LogP contribution in [-0.4, -0.2) is 29.0 Å². The number of rotatable bonds is 3. The summed E-state index contributed by atoms with van der Waals surface area (Å²) in [5.74, 6) is 0.0587. The number of hydrogen-bond donors (Lipinski definition) is 1. The molecular formula is C24H17NO6. The van der Waals surface area contributed by atoms with Crippen molar-refractivity contribution in [1.82, 2.24) is 4.98 Å². The summed E-state index contributed by atoms with van der Waals surface area (Å²) in [5.41, 5.74) is 2.42. The summed E-state index contributed by atoms with van der Waals surface area (Å²) in [6, 6.07) is 11.7. The zero-order valence-electron chi connectivity index (χ0n) is 16.5. The van der Waals surface area contributed by atoms with Crippen molar-refractivity contribution in [1.29, 1.82) is 0 Å². The van der Waals surface area contributed by atoms with Crippen molar-refractivity contribution in [2.75, 3.05) is 7.11 Å². The first kappa shape index (κ1) is 18.9. The maximum absolute atomic E-state index is 13.0. The van der Waals surface area contributed by atoms with Crippen molar-refractivity contribution in [2.24, 2.45) is 0 Å². The van der Waals surface area contributed by atoms with E-state index in [-0.39, 0.29) is 23.7 Å². The molecule has 7 nitrogen and oxygen atoms in total. The van der Waals surface area contributed by atoms with E-state index in [1.165, 1.54) is 7.11 Å². The Morgan fingerprint density at radius 3 is 2.77 bits per heavy atom. The molecule has 0 saturated carbocycles. The van der Waals surface area contributed by atoms with Gasteiger partial charge in [-0.2, -0.15) is 0 Å². The van der Waals surface area contributed by atoms with E-state index in [1.807, 2.05) is 6.07 Å². The van der Waals surface area contributed by atoms with Crippen LogP contribution in [-0.2, 0) is 4.79 Å². The van der Waals surface area contributed by atoms with Crippen LogP contribution in [0, 0.1) is 0 Å². The topological polar surface area (TPSA) is 95.0 Å². The van der Waals surface area contributed by atoms with Crippen molar-refractivity contribution in [3.05, 3.63) is 82.9 Å². The van der Waals surface area contributed by atoms with E-state index in [4.69, 9.17) is 14.2 Å². The molecule has 0 saturated heterocycles. The molecule has 0 spiro atoms. The fourth-order valence-corrected chi connectivity index (χ4v) is 3.93. The third-order valence-corrected chi connectivity index (χ3v) is 5.37. The number of benzene rings is 2. The van der Waals surface area contributed by atoms with Gasteiger partial charge in [0.2, 0.25) is 5.78 Å². The number of hydrogen-bond acceptors (Lipinski definition) is 7. The highest BCUT2D eigenvalue weighted by Gasteiger charge is 2.38. The van der Waals surface area contributed by atoms with Crippen molar-refractivity contribution in [3.63, 3.8) is 0 Å². The number of fused-ring (bicyclic) bond motifs is 3. The number of aromatic nitrogens is 1.